The zero-order valence-electron chi connectivity index (χ0n) is 14.4. The molecule has 0 unspecified atom stereocenters. The van der Waals surface area contributed by atoms with Gasteiger partial charge in [-0.05, 0) is 42.9 Å². The maximum atomic E-state index is 11.4. The molecule has 1 fully saturated rings. The van der Waals surface area contributed by atoms with Gasteiger partial charge in [-0.1, -0.05) is 12.1 Å². The Hall–Kier alpha value is -1.60. The summed E-state index contributed by atoms with van der Waals surface area (Å²) in [6.45, 7) is 3.01. The summed E-state index contributed by atoms with van der Waals surface area (Å²) in [6, 6.07) is 6.99. The van der Waals surface area contributed by atoms with Crippen LogP contribution in [0.15, 0.2) is 34.2 Å². The normalized spacial score (nSPS) is 15.3. The molecule has 2 rings (SSSR count). The van der Waals surface area contributed by atoms with Gasteiger partial charge in [-0.25, -0.2) is 8.42 Å². The minimum atomic E-state index is -3.13. The number of hydrogen-bond donors (Lipinski definition) is 2. The highest BCUT2D eigenvalue weighted by Gasteiger charge is 2.20. The van der Waals surface area contributed by atoms with Gasteiger partial charge < -0.3 is 15.4 Å². The van der Waals surface area contributed by atoms with Crippen molar-refractivity contribution in [3.8, 4) is 0 Å². The molecule has 0 saturated heterocycles. The molecule has 7 heteroatoms. The summed E-state index contributed by atoms with van der Waals surface area (Å²) in [4.78, 5) is 4.52. The molecule has 6 nitrogen and oxygen atoms in total. The van der Waals surface area contributed by atoms with Crippen LogP contribution in [0.5, 0.6) is 0 Å². The van der Waals surface area contributed by atoms with Gasteiger partial charge in [0, 0.05) is 33.0 Å². The van der Waals surface area contributed by atoms with Gasteiger partial charge in [0.25, 0.3) is 0 Å². The number of ether oxygens (including phenoxy) is 1. The van der Waals surface area contributed by atoms with Gasteiger partial charge in [-0.15, -0.1) is 0 Å². The Morgan fingerprint density at radius 1 is 1.21 bits per heavy atom. The van der Waals surface area contributed by atoms with Crippen LogP contribution in [0.25, 0.3) is 0 Å². The van der Waals surface area contributed by atoms with Crippen LogP contribution in [-0.2, 0) is 21.0 Å². The van der Waals surface area contributed by atoms with Crippen molar-refractivity contribution >= 4 is 15.8 Å². The summed E-state index contributed by atoms with van der Waals surface area (Å²) in [5.41, 5.74) is 1.08. The van der Waals surface area contributed by atoms with Crippen molar-refractivity contribution in [1.82, 2.24) is 10.6 Å². The summed E-state index contributed by atoms with van der Waals surface area (Å²) in [6.07, 6.45) is 4.63. The average molecular weight is 353 g/mol. The van der Waals surface area contributed by atoms with Crippen LogP contribution >= 0.6 is 0 Å². The van der Waals surface area contributed by atoms with Crippen molar-refractivity contribution < 1.29 is 13.2 Å². The largest absolute Gasteiger partial charge is 0.379 e. The van der Waals surface area contributed by atoms with Crippen LogP contribution in [0, 0.1) is 5.92 Å². The van der Waals surface area contributed by atoms with Crippen molar-refractivity contribution in [2.24, 2.45) is 10.9 Å². The Morgan fingerprint density at radius 2 is 1.88 bits per heavy atom. The predicted octanol–water partition coefficient (Wildman–Crippen LogP) is 1.22. The van der Waals surface area contributed by atoms with Crippen molar-refractivity contribution in [3.63, 3.8) is 0 Å². The first kappa shape index (κ1) is 18.7. The first-order chi connectivity index (χ1) is 11.5. The Kier molecular flexibility index (Phi) is 7.05. The summed E-state index contributed by atoms with van der Waals surface area (Å²) in [7, 11) is -1.39. The molecule has 0 aliphatic heterocycles. The van der Waals surface area contributed by atoms with E-state index in [9.17, 15) is 8.42 Å². The number of nitrogens with one attached hydrogen (secondary N) is 2. The van der Waals surface area contributed by atoms with Crippen LogP contribution in [0.2, 0.25) is 0 Å². The summed E-state index contributed by atoms with van der Waals surface area (Å²) >= 11 is 0. The number of benzene rings is 1. The van der Waals surface area contributed by atoms with Crippen molar-refractivity contribution in [3.05, 3.63) is 29.8 Å². The van der Waals surface area contributed by atoms with Crippen molar-refractivity contribution in [2.75, 3.05) is 39.6 Å². The average Bonchev–Trinajstić information content (AvgIpc) is 3.37. The van der Waals surface area contributed by atoms with E-state index in [1.807, 2.05) is 12.1 Å². The summed E-state index contributed by atoms with van der Waals surface area (Å²) in [5, 5.41) is 6.45. The second-order valence-electron chi connectivity index (χ2n) is 6.11. The minimum absolute atomic E-state index is 0.350. The standard InChI is InChI=1S/C17H27N3O3S/c1-18-17(20-11-12-23-13-15-3-4-15)19-10-9-14-5-7-16(8-6-14)24(2,21)22/h5-8,15H,3-4,9-13H2,1-2H3,(H2,18,19,20). The van der Waals surface area contributed by atoms with E-state index < -0.39 is 9.84 Å². The SMILES string of the molecule is CN=C(NCCOCC1CC1)NCCc1ccc(S(C)(=O)=O)cc1. The van der Waals surface area contributed by atoms with Crippen LogP contribution in [0.1, 0.15) is 18.4 Å². The van der Waals surface area contributed by atoms with Crippen LogP contribution in [0.3, 0.4) is 0 Å². The molecule has 0 spiro atoms. The van der Waals surface area contributed by atoms with E-state index in [0.29, 0.717) is 11.5 Å². The zero-order chi connectivity index (χ0) is 17.4. The molecule has 1 saturated carbocycles. The maximum Gasteiger partial charge on any atom is 0.191 e. The Labute approximate surface area is 144 Å². The first-order valence-electron chi connectivity index (χ1n) is 8.30. The van der Waals surface area contributed by atoms with E-state index >= 15 is 0 Å². The second-order valence-corrected chi connectivity index (χ2v) is 8.13. The second kappa shape index (κ2) is 9.03. The third-order valence-electron chi connectivity index (χ3n) is 3.87. The molecule has 0 aromatic heterocycles. The lowest BCUT2D eigenvalue weighted by Crippen LogP contribution is -2.39. The van der Waals surface area contributed by atoms with E-state index in [0.717, 1.165) is 43.6 Å². The van der Waals surface area contributed by atoms with Gasteiger partial charge >= 0.3 is 0 Å². The quantitative estimate of drug-likeness (QED) is 0.396. The van der Waals surface area contributed by atoms with Crippen LogP contribution in [-0.4, -0.2) is 54.0 Å². The third-order valence-corrected chi connectivity index (χ3v) is 5.00. The molecule has 0 atom stereocenters. The topological polar surface area (TPSA) is 79.8 Å². The van der Waals surface area contributed by atoms with E-state index in [2.05, 4.69) is 15.6 Å². The lowest BCUT2D eigenvalue weighted by Gasteiger charge is -2.12. The van der Waals surface area contributed by atoms with Gasteiger partial charge in [-0.3, -0.25) is 4.99 Å². The molecular formula is C17H27N3O3S. The van der Waals surface area contributed by atoms with Gasteiger partial charge in [-0.2, -0.15) is 0 Å². The molecule has 0 amide bonds. The number of guanidine groups is 1. The number of hydrogen-bond acceptors (Lipinski definition) is 4. The highest BCUT2D eigenvalue weighted by Crippen LogP contribution is 2.28. The van der Waals surface area contributed by atoms with Gasteiger partial charge in [0.05, 0.1) is 11.5 Å². The van der Waals surface area contributed by atoms with Gasteiger partial charge in [0.2, 0.25) is 0 Å². The minimum Gasteiger partial charge on any atom is -0.379 e. The van der Waals surface area contributed by atoms with Gasteiger partial charge in [0.15, 0.2) is 15.8 Å². The highest BCUT2D eigenvalue weighted by molar-refractivity contribution is 7.90. The van der Waals surface area contributed by atoms with Crippen LogP contribution < -0.4 is 10.6 Å². The monoisotopic (exact) mass is 353 g/mol. The van der Waals surface area contributed by atoms with E-state index in [-0.39, 0.29) is 0 Å². The van der Waals surface area contributed by atoms with Crippen molar-refractivity contribution in [1.29, 1.82) is 0 Å². The Bertz CT molecular complexity index is 638. The highest BCUT2D eigenvalue weighted by atomic mass is 32.2. The number of aliphatic imine (C=N–C) groups is 1. The fraction of sp³-hybridized carbons (Fsp3) is 0.588. The lowest BCUT2D eigenvalue weighted by atomic mass is 10.1. The number of nitrogens with zero attached hydrogens (tertiary/aromatic N) is 1. The smallest absolute Gasteiger partial charge is 0.191 e. The fourth-order valence-electron chi connectivity index (χ4n) is 2.23. The molecule has 1 aliphatic carbocycles. The Morgan fingerprint density at radius 3 is 2.46 bits per heavy atom. The van der Waals surface area contributed by atoms with Gasteiger partial charge in [0.1, 0.15) is 0 Å². The Balaban J connectivity index is 1.63. The molecule has 0 radical (unpaired) electrons. The molecule has 1 aromatic rings. The van der Waals surface area contributed by atoms with E-state index in [1.165, 1.54) is 19.1 Å². The summed E-state index contributed by atoms with van der Waals surface area (Å²) < 4.78 is 28.4. The molecule has 24 heavy (non-hydrogen) atoms. The number of rotatable bonds is 9. The zero-order valence-corrected chi connectivity index (χ0v) is 15.2. The molecule has 0 bridgehead atoms. The molecule has 2 N–H and O–H groups in total. The fourth-order valence-corrected chi connectivity index (χ4v) is 2.86. The molecule has 134 valence electrons. The molecular weight excluding hydrogens is 326 g/mol. The molecule has 1 aliphatic rings. The molecule has 1 aromatic carbocycles. The lowest BCUT2D eigenvalue weighted by molar-refractivity contribution is 0.129. The molecule has 0 heterocycles. The number of sulfone groups is 1. The third kappa shape index (κ3) is 6.88. The summed E-state index contributed by atoms with van der Waals surface area (Å²) in [5.74, 6) is 1.54. The van der Waals surface area contributed by atoms with E-state index in [1.54, 1.807) is 19.2 Å². The van der Waals surface area contributed by atoms with Crippen molar-refractivity contribution in [2.45, 2.75) is 24.2 Å². The first-order valence-corrected chi connectivity index (χ1v) is 10.2. The van der Waals surface area contributed by atoms with Crippen LogP contribution in [0.4, 0.5) is 0 Å². The predicted molar refractivity (Wildman–Crippen MR) is 96.2 cm³/mol. The maximum absolute atomic E-state index is 11.4. The van der Waals surface area contributed by atoms with E-state index in [4.69, 9.17) is 4.74 Å².